The number of benzene rings is 1. The minimum absolute atomic E-state index is 0.0906. The highest BCUT2D eigenvalue weighted by Gasteiger charge is 2.46. The van der Waals surface area contributed by atoms with E-state index in [1.807, 2.05) is 0 Å². The molecule has 2 amide bonds. The van der Waals surface area contributed by atoms with Crippen LogP contribution in [0.2, 0.25) is 0 Å². The van der Waals surface area contributed by atoms with Crippen LogP contribution in [-0.2, 0) is 0 Å². The quantitative estimate of drug-likeness (QED) is 0.788. The van der Waals surface area contributed by atoms with E-state index in [4.69, 9.17) is 9.84 Å². The summed E-state index contributed by atoms with van der Waals surface area (Å²) in [7, 11) is 1.46. The Kier molecular flexibility index (Phi) is 3.57. The van der Waals surface area contributed by atoms with Gasteiger partial charge in [0.25, 0.3) is 0 Å². The summed E-state index contributed by atoms with van der Waals surface area (Å²) in [5.74, 6) is -0.639. The predicted octanol–water partition coefficient (Wildman–Crippen LogP) is 2.31. The zero-order valence-corrected chi connectivity index (χ0v) is 11.7. The van der Waals surface area contributed by atoms with Gasteiger partial charge in [-0.25, -0.2) is 9.59 Å². The first-order valence-electron chi connectivity index (χ1n) is 6.32. The second-order valence-corrected chi connectivity index (χ2v) is 5.56. The molecule has 0 aliphatic heterocycles. The third-order valence-corrected chi connectivity index (χ3v) is 3.51. The largest absolute Gasteiger partial charge is 0.495 e. The van der Waals surface area contributed by atoms with Crippen molar-refractivity contribution in [1.29, 1.82) is 0 Å². The normalized spacial score (nSPS) is 19.1. The van der Waals surface area contributed by atoms with Crippen molar-refractivity contribution in [2.75, 3.05) is 12.4 Å². The van der Waals surface area contributed by atoms with Gasteiger partial charge in [0.15, 0.2) is 0 Å². The number of anilines is 1. The summed E-state index contributed by atoms with van der Waals surface area (Å²) in [6.07, 6.45) is 0.937. The van der Waals surface area contributed by atoms with E-state index in [9.17, 15) is 9.59 Å². The molecule has 1 unspecified atom stereocenters. The molecule has 1 aliphatic carbocycles. The average molecular weight is 278 g/mol. The Balaban J connectivity index is 2.09. The van der Waals surface area contributed by atoms with Crippen molar-refractivity contribution in [2.45, 2.75) is 26.3 Å². The molecule has 0 radical (unpaired) electrons. The summed E-state index contributed by atoms with van der Waals surface area (Å²) >= 11 is 0. The fourth-order valence-corrected chi connectivity index (χ4v) is 1.97. The van der Waals surface area contributed by atoms with Crippen molar-refractivity contribution >= 4 is 17.7 Å². The van der Waals surface area contributed by atoms with Crippen LogP contribution in [0.1, 0.15) is 30.6 Å². The average Bonchev–Trinajstić information content (AvgIpc) is 2.95. The van der Waals surface area contributed by atoms with Crippen LogP contribution in [0.25, 0.3) is 0 Å². The maximum atomic E-state index is 11.9. The van der Waals surface area contributed by atoms with Crippen LogP contribution >= 0.6 is 0 Å². The molecule has 1 aromatic carbocycles. The third kappa shape index (κ3) is 3.01. The van der Waals surface area contributed by atoms with E-state index in [-0.39, 0.29) is 23.1 Å². The lowest BCUT2D eigenvalue weighted by Gasteiger charge is -2.12. The number of nitrogens with one attached hydrogen (secondary N) is 2. The van der Waals surface area contributed by atoms with E-state index in [1.54, 1.807) is 0 Å². The summed E-state index contributed by atoms with van der Waals surface area (Å²) in [5.41, 5.74) is 0.556. The second kappa shape index (κ2) is 5.03. The topological polar surface area (TPSA) is 87.7 Å². The Bertz CT molecular complexity index is 554. The molecule has 108 valence electrons. The lowest BCUT2D eigenvalue weighted by atomic mass is 10.2. The number of amides is 2. The van der Waals surface area contributed by atoms with Crippen molar-refractivity contribution in [1.82, 2.24) is 5.32 Å². The highest BCUT2D eigenvalue weighted by Crippen LogP contribution is 2.44. The number of urea groups is 1. The fraction of sp³-hybridized carbons (Fsp3) is 0.429. The fourth-order valence-electron chi connectivity index (χ4n) is 1.97. The molecule has 3 N–H and O–H groups in total. The van der Waals surface area contributed by atoms with E-state index in [2.05, 4.69) is 24.5 Å². The predicted molar refractivity (Wildman–Crippen MR) is 74.3 cm³/mol. The first-order valence-corrected chi connectivity index (χ1v) is 6.32. The van der Waals surface area contributed by atoms with Crippen molar-refractivity contribution in [3.63, 3.8) is 0 Å². The number of methoxy groups -OCH3 is 1. The molecule has 1 aromatic rings. The third-order valence-electron chi connectivity index (χ3n) is 3.51. The highest BCUT2D eigenvalue weighted by molar-refractivity contribution is 5.95. The molecule has 0 bridgehead atoms. The van der Waals surface area contributed by atoms with Gasteiger partial charge in [-0.3, -0.25) is 0 Å². The van der Waals surface area contributed by atoms with E-state index in [0.717, 1.165) is 6.42 Å². The molecule has 6 nitrogen and oxygen atoms in total. The summed E-state index contributed by atoms with van der Waals surface area (Å²) < 4.78 is 5.11. The molecule has 0 saturated heterocycles. The zero-order valence-electron chi connectivity index (χ0n) is 11.7. The van der Waals surface area contributed by atoms with E-state index >= 15 is 0 Å². The number of carboxylic acid groups (broad SMARTS) is 1. The number of rotatable bonds is 4. The molecule has 2 rings (SSSR count). The van der Waals surface area contributed by atoms with E-state index < -0.39 is 5.97 Å². The summed E-state index contributed by atoms with van der Waals surface area (Å²) in [6, 6.07) is 4.10. The number of hydrogen-bond acceptors (Lipinski definition) is 3. The molecule has 0 heterocycles. The lowest BCUT2D eigenvalue weighted by Crippen LogP contribution is -2.32. The van der Waals surface area contributed by atoms with Crippen molar-refractivity contribution < 1.29 is 19.4 Å². The van der Waals surface area contributed by atoms with Gasteiger partial charge in [0.1, 0.15) is 5.75 Å². The van der Waals surface area contributed by atoms with Crippen molar-refractivity contribution in [3.8, 4) is 5.75 Å². The van der Waals surface area contributed by atoms with Crippen LogP contribution in [-0.4, -0.2) is 30.3 Å². The van der Waals surface area contributed by atoms with Crippen LogP contribution in [0.4, 0.5) is 10.5 Å². The monoisotopic (exact) mass is 278 g/mol. The van der Waals surface area contributed by atoms with Crippen LogP contribution in [0.5, 0.6) is 5.75 Å². The zero-order chi connectivity index (χ0) is 14.9. The van der Waals surface area contributed by atoms with Gasteiger partial charge in [0, 0.05) is 6.04 Å². The van der Waals surface area contributed by atoms with Gasteiger partial charge < -0.3 is 20.5 Å². The molecule has 1 saturated carbocycles. The van der Waals surface area contributed by atoms with Gasteiger partial charge in [0.2, 0.25) is 0 Å². The Morgan fingerprint density at radius 2 is 2.05 bits per heavy atom. The smallest absolute Gasteiger partial charge is 0.335 e. The van der Waals surface area contributed by atoms with Crippen LogP contribution in [0, 0.1) is 5.41 Å². The number of carbonyl (C=O) groups is 2. The maximum Gasteiger partial charge on any atom is 0.335 e. The van der Waals surface area contributed by atoms with Gasteiger partial charge in [-0.1, -0.05) is 13.8 Å². The Morgan fingerprint density at radius 1 is 1.40 bits per heavy atom. The Morgan fingerprint density at radius 3 is 2.55 bits per heavy atom. The van der Waals surface area contributed by atoms with Crippen LogP contribution < -0.4 is 15.4 Å². The lowest BCUT2D eigenvalue weighted by molar-refractivity contribution is 0.0697. The molecule has 1 atom stereocenters. The van der Waals surface area contributed by atoms with Gasteiger partial charge in [0.05, 0.1) is 18.4 Å². The van der Waals surface area contributed by atoms with Crippen molar-refractivity contribution in [2.24, 2.45) is 5.41 Å². The SMILES string of the molecule is COc1ccc(C(=O)O)cc1NC(=O)NC1CC1(C)C. The maximum absolute atomic E-state index is 11.9. The second-order valence-electron chi connectivity index (χ2n) is 5.56. The Labute approximate surface area is 117 Å². The molecular formula is C14H18N2O4. The Hall–Kier alpha value is -2.24. The number of ether oxygens (including phenoxy) is 1. The number of carbonyl (C=O) groups excluding carboxylic acids is 1. The molecule has 1 fully saturated rings. The first kappa shape index (κ1) is 14.2. The minimum Gasteiger partial charge on any atom is -0.495 e. The number of hydrogen-bond donors (Lipinski definition) is 3. The molecule has 20 heavy (non-hydrogen) atoms. The molecular weight excluding hydrogens is 260 g/mol. The number of aromatic carboxylic acids is 1. The standard InChI is InChI=1S/C14H18N2O4/c1-14(2)7-11(14)16-13(19)15-9-6-8(12(17)18)4-5-10(9)20-3/h4-6,11H,7H2,1-3H3,(H,17,18)(H2,15,16,19). The molecule has 0 spiro atoms. The van der Waals surface area contributed by atoms with Gasteiger partial charge in [-0.15, -0.1) is 0 Å². The van der Waals surface area contributed by atoms with Gasteiger partial charge >= 0.3 is 12.0 Å². The number of carboxylic acids is 1. The molecule has 1 aliphatic rings. The molecule has 6 heteroatoms. The summed E-state index contributed by atoms with van der Waals surface area (Å²) in [6.45, 7) is 4.15. The summed E-state index contributed by atoms with van der Waals surface area (Å²) in [5, 5.41) is 14.4. The van der Waals surface area contributed by atoms with E-state index in [0.29, 0.717) is 11.4 Å². The van der Waals surface area contributed by atoms with Gasteiger partial charge in [-0.05, 0) is 30.0 Å². The first-order chi connectivity index (χ1) is 9.33. The summed E-state index contributed by atoms with van der Waals surface area (Å²) in [4.78, 5) is 22.8. The van der Waals surface area contributed by atoms with E-state index in [1.165, 1.54) is 25.3 Å². The van der Waals surface area contributed by atoms with Gasteiger partial charge in [-0.2, -0.15) is 0 Å². The molecule has 0 aromatic heterocycles. The van der Waals surface area contributed by atoms with Crippen LogP contribution in [0.3, 0.4) is 0 Å². The van der Waals surface area contributed by atoms with Crippen molar-refractivity contribution in [3.05, 3.63) is 23.8 Å². The van der Waals surface area contributed by atoms with Crippen LogP contribution in [0.15, 0.2) is 18.2 Å². The highest BCUT2D eigenvalue weighted by atomic mass is 16.5. The minimum atomic E-state index is -1.06.